The van der Waals surface area contributed by atoms with E-state index in [2.05, 4.69) is 125 Å². The Kier molecular flexibility index (Phi) is 9.62. The molecule has 0 unspecified atom stereocenters. The van der Waals surface area contributed by atoms with Crippen molar-refractivity contribution in [2.45, 2.75) is 59.2 Å². The van der Waals surface area contributed by atoms with Gasteiger partial charge >= 0.3 is 0 Å². The van der Waals surface area contributed by atoms with Gasteiger partial charge in [-0.3, -0.25) is 0 Å². The fourth-order valence-electron chi connectivity index (χ4n) is 8.92. The molecule has 8 aromatic carbocycles. The standard InChI is InChI=1S/C63H53N4O.Pt/c1-42-32-61(64-40-56(42)45-22-15-10-16-23-45)67-57-30-26-46(43-18-11-8-12-19-43)33-55(57)54-29-28-53(39-59(54)67)68-52-25-17-24-50(38-52)65-41-66(51-36-48(62(2,3)4)35-49(37-51)63(5,6)7)58-31-27-47(34-60(58)65)44-20-13-9-14-21-44;/h8-37,40-41H,1-7H3;/q-3;/i1D3,10D,15D,16D,22D,23D;. The third kappa shape index (κ3) is 8.77. The molecule has 1 aliphatic rings. The zero-order valence-corrected chi connectivity index (χ0v) is 41.4. The fourth-order valence-corrected chi connectivity index (χ4v) is 8.92. The second-order valence-corrected chi connectivity index (χ2v) is 19.3. The molecule has 0 aliphatic carbocycles. The molecule has 69 heavy (non-hydrogen) atoms. The second kappa shape index (κ2) is 18.0. The zero-order valence-electron chi connectivity index (χ0n) is 47.1. The number of pyridine rings is 1. The first-order valence-corrected chi connectivity index (χ1v) is 22.8. The van der Waals surface area contributed by atoms with E-state index in [9.17, 15) is 0 Å². The van der Waals surface area contributed by atoms with Crippen molar-refractivity contribution in [1.29, 1.82) is 0 Å². The number of hydrogen-bond donors (Lipinski definition) is 0. The van der Waals surface area contributed by atoms with Gasteiger partial charge in [0.15, 0.2) is 0 Å². The van der Waals surface area contributed by atoms with Gasteiger partial charge in [0, 0.05) is 71.0 Å². The number of aryl methyl sites for hydroxylation is 1. The maximum absolute atomic E-state index is 8.70. The van der Waals surface area contributed by atoms with Crippen molar-refractivity contribution in [2.24, 2.45) is 0 Å². The molecule has 11 rings (SSSR count). The van der Waals surface area contributed by atoms with E-state index in [1.165, 1.54) is 23.4 Å². The van der Waals surface area contributed by atoms with E-state index >= 15 is 0 Å². The third-order valence-corrected chi connectivity index (χ3v) is 12.6. The van der Waals surface area contributed by atoms with Crippen molar-refractivity contribution in [2.75, 3.05) is 9.80 Å². The van der Waals surface area contributed by atoms with Crippen molar-refractivity contribution in [1.82, 2.24) is 9.55 Å². The summed E-state index contributed by atoms with van der Waals surface area (Å²) in [6, 6.07) is 55.2. The Hall–Kier alpha value is -7.20. The normalized spacial score (nSPS) is 14.5. The minimum atomic E-state index is -2.77. The van der Waals surface area contributed by atoms with E-state index in [1.54, 1.807) is 0 Å². The van der Waals surface area contributed by atoms with Crippen LogP contribution in [0.5, 0.6) is 11.5 Å². The maximum atomic E-state index is 8.70. The summed E-state index contributed by atoms with van der Waals surface area (Å²) in [5.74, 6) is 1.03. The van der Waals surface area contributed by atoms with E-state index < -0.39 is 37.1 Å². The van der Waals surface area contributed by atoms with Crippen molar-refractivity contribution >= 4 is 44.6 Å². The van der Waals surface area contributed by atoms with E-state index in [-0.39, 0.29) is 54.4 Å². The van der Waals surface area contributed by atoms with Crippen molar-refractivity contribution in [3.05, 3.63) is 224 Å². The number of hydrogen-bond acceptors (Lipinski definition) is 4. The molecule has 0 radical (unpaired) electrons. The molecule has 0 spiro atoms. The molecule has 0 saturated heterocycles. The zero-order chi connectivity index (χ0) is 53.6. The third-order valence-electron chi connectivity index (χ3n) is 12.6. The van der Waals surface area contributed by atoms with E-state index in [1.807, 2.05) is 95.6 Å². The van der Waals surface area contributed by atoms with Crippen LogP contribution in [0, 0.1) is 25.7 Å². The van der Waals surface area contributed by atoms with Gasteiger partial charge in [0.1, 0.15) is 5.82 Å². The molecular formula is C63H53N4OPt-3. The molecule has 0 N–H and O–H groups in total. The molecule has 0 bridgehead atoms. The van der Waals surface area contributed by atoms with Crippen LogP contribution in [-0.4, -0.2) is 9.55 Å². The fraction of sp³-hybridized carbons (Fsp3) is 0.143. The molecule has 344 valence electrons. The summed E-state index contributed by atoms with van der Waals surface area (Å²) in [4.78, 5) is 9.19. The summed E-state index contributed by atoms with van der Waals surface area (Å²) in [7, 11) is 0. The SMILES string of the molecule is [2H]c1c([2H])c([2H])c(-c2cnc(-n3c4[c-]c(Oc5[c-]c(N6[CH-]N(c7cc(C(C)(C)C)cc(C(C)(C)C)c7)c7ccc(-c8ccccc8)cc76)ccc5)ccc4c4cc(-c5ccccc5)ccc43)cc2C([2H])([2H])[2H])c([2H])c1[2H].[Pt]. The van der Waals surface area contributed by atoms with Crippen LogP contribution in [0.1, 0.15) is 69.2 Å². The van der Waals surface area contributed by atoms with Crippen molar-refractivity contribution < 1.29 is 36.8 Å². The van der Waals surface area contributed by atoms with E-state index in [4.69, 9.17) is 20.7 Å². The summed E-state index contributed by atoms with van der Waals surface area (Å²) >= 11 is 0. The van der Waals surface area contributed by atoms with E-state index in [0.717, 1.165) is 55.8 Å². The van der Waals surface area contributed by atoms with Gasteiger partial charge in [-0.05, 0) is 104 Å². The van der Waals surface area contributed by atoms with E-state index in [0.29, 0.717) is 22.5 Å². The predicted octanol–water partition coefficient (Wildman–Crippen LogP) is 16.9. The minimum Gasteiger partial charge on any atom is -0.509 e. The molecule has 0 atom stereocenters. The molecule has 10 aromatic rings. The monoisotopic (exact) mass is 1080 g/mol. The molecule has 1 aliphatic heterocycles. The van der Waals surface area contributed by atoms with Crippen LogP contribution in [0.2, 0.25) is 0 Å². The number of rotatable bonds is 8. The van der Waals surface area contributed by atoms with Crippen molar-refractivity contribution in [3.63, 3.8) is 0 Å². The van der Waals surface area contributed by atoms with Gasteiger partial charge in [-0.15, -0.1) is 48.1 Å². The first kappa shape index (κ1) is 36.8. The molecule has 3 heterocycles. The number of nitrogens with zero attached hydrogens (tertiary/aromatic N) is 4. The Balaban J connectivity index is 0.00000672. The Labute approximate surface area is 432 Å². The second-order valence-electron chi connectivity index (χ2n) is 19.3. The van der Waals surface area contributed by atoms with Gasteiger partial charge in [-0.2, -0.15) is 12.1 Å². The largest absolute Gasteiger partial charge is 0.509 e. The minimum absolute atomic E-state index is 0. The van der Waals surface area contributed by atoms with Crippen LogP contribution >= 0.6 is 0 Å². The van der Waals surface area contributed by atoms with Crippen LogP contribution in [0.15, 0.2) is 188 Å². The van der Waals surface area contributed by atoms with Crippen LogP contribution < -0.4 is 14.5 Å². The molecule has 5 nitrogen and oxygen atoms in total. The van der Waals surface area contributed by atoms with Crippen molar-refractivity contribution in [3.8, 4) is 50.7 Å². The Bertz CT molecular complexity index is 3860. The number of benzene rings is 8. The number of anilines is 4. The summed E-state index contributed by atoms with van der Waals surface area (Å²) < 4.78 is 76.8. The van der Waals surface area contributed by atoms with Gasteiger partial charge in [-0.1, -0.05) is 162 Å². The Morgan fingerprint density at radius 3 is 1.93 bits per heavy atom. The van der Waals surface area contributed by atoms with Gasteiger partial charge in [0.25, 0.3) is 0 Å². The molecule has 0 amide bonds. The maximum Gasteiger partial charge on any atom is 0.135 e. The Morgan fingerprint density at radius 2 is 1.25 bits per heavy atom. The summed E-state index contributed by atoms with van der Waals surface area (Å²) in [5, 5.41) is 1.65. The smallest absolute Gasteiger partial charge is 0.135 e. The predicted molar refractivity (Wildman–Crippen MR) is 283 cm³/mol. The molecule has 6 heteroatoms. The first-order chi connectivity index (χ1) is 36.1. The van der Waals surface area contributed by atoms with Crippen LogP contribution in [0.4, 0.5) is 22.7 Å². The van der Waals surface area contributed by atoms with Gasteiger partial charge < -0.3 is 19.1 Å². The van der Waals surface area contributed by atoms with Crippen LogP contribution in [-0.2, 0) is 31.9 Å². The van der Waals surface area contributed by atoms with Gasteiger partial charge in [0.05, 0.1) is 6.85 Å². The van der Waals surface area contributed by atoms with Gasteiger partial charge in [-0.25, -0.2) is 4.98 Å². The average molecular weight is 1090 g/mol. The molecular weight excluding hydrogens is 1020 g/mol. The summed E-state index contributed by atoms with van der Waals surface area (Å²) in [6.07, 6.45) is 1.28. The van der Waals surface area contributed by atoms with Crippen LogP contribution in [0.3, 0.4) is 0 Å². The van der Waals surface area contributed by atoms with Crippen LogP contribution in [0.25, 0.3) is 61.0 Å². The number of fused-ring (bicyclic) bond motifs is 4. The van der Waals surface area contributed by atoms with Gasteiger partial charge in [0.2, 0.25) is 0 Å². The first-order valence-electron chi connectivity index (χ1n) is 26.8. The molecule has 2 aromatic heterocycles. The number of ether oxygens (including phenoxy) is 1. The summed E-state index contributed by atoms with van der Waals surface area (Å²) in [6.45, 7) is 12.8. The number of aromatic nitrogens is 2. The molecule has 0 saturated carbocycles. The molecule has 0 fully saturated rings. The topological polar surface area (TPSA) is 33.5 Å². The average Bonchev–Trinajstić information content (AvgIpc) is 4.11. The quantitative estimate of drug-likeness (QED) is 0.142. The summed E-state index contributed by atoms with van der Waals surface area (Å²) in [5.41, 5.74) is 11.0. The Morgan fingerprint density at radius 1 is 0.580 bits per heavy atom.